The van der Waals surface area contributed by atoms with Crippen molar-refractivity contribution in [2.24, 2.45) is 0 Å². The van der Waals surface area contributed by atoms with Gasteiger partial charge in [0.1, 0.15) is 5.56 Å². The lowest BCUT2D eigenvalue weighted by molar-refractivity contribution is 0.0693. The molecule has 0 aliphatic rings. The number of hydrogen-bond donors (Lipinski definition) is 1. The first-order chi connectivity index (χ1) is 5.54. The summed E-state index contributed by atoms with van der Waals surface area (Å²) in [5, 5.41) is 12.3. The third-order valence-electron chi connectivity index (χ3n) is 1.42. The van der Waals surface area contributed by atoms with Gasteiger partial charge in [-0.1, -0.05) is 19.0 Å². The van der Waals surface area contributed by atoms with Gasteiger partial charge in [-0.05, 0) is 15.9 Å². The van der Waals surface area contributed by atoms with Gasteiger partial charge in [0, 0.05) is 5.92 Å². The van der Waals surface area contributed by atoms with Gasteiger partial charge in [-0.25, -0.2) is 4.79 Å². The molecule has 0 bridgehead atoms. The van der Waals surface area contributed by atoms with Gasteiger partial charge in [0.2, 0.25) is 0 Å². The molecule has 1 N–H and O–H groups in total. The summed E-state index contributed by atoms with van der Waals surface area (Å²) in [5.41, 5.74) is 0.116. The Bertz CT molecular complexity index is 306. The van der Waals surface area contributed by atoms with E-state index in [1.54, 1.807) is 0 Å². The maximum Gasteiger partial charge on any atom is 0.342 e. The predicted octanol–water partition coefficient (Wildman–Crippen LogP) is 2.26. The van der Waals surface area contributed by atoms with Crippen molar-refractivity contribution in [1.29, 1.82) is 0 Å². The van der Waals surface area contributed by atoms with E-state index < -0.39 is 5.97 Å². The van der Waals surface area contributed by atoms with E-state index in [9.17, 15) is 4.79 Å². The van der Waals surface area contributed by atoms with Gasteiger partial charge in [0.25, 0.3) is 0 Å². The summed E-state index contributed by atoms with van der Waals surface area (Å²) in [6, 6.07) is 0. The highest BCUT2D eigenvalue weighted by molar-refractivity contribution is 9.10. The maximum absolute atomic E-state index is 10.7. The molecular weight excluding hydrogens is 226 g/mol. The van der Waals surface area contributed by atoms with Crippen LogP contribution in [0.1, 0.15) is 35.9 Å². The SMILES string of the molecule is CC(C)c1onc(Br)c1C(=O)O. The van der Waals surface area contributed by atoms with Crippen LogP contribution in [-0.4, -0.2) is 16.2 Å². The molecule has 0 aliphatic carbocycles. The Hall–Kier alpha value is -0.840. The molecule has 0 radical (unpaired) electrons. The first-order valence-electron chi connectivity index (χ1n) is 3.42. The number of carboxylic acids is 1. The fraction of sp³-hybridized carbons (Fsp3) is 0.429. The third-order valence-corrected chi connectivity index (χ3v) is 1.96. The van der Waals surface area contributed by atoms with E-state index in [1.165, 1.54) is 0 Å². The Morgan fingerprint density at radius 3 is 2.58 bits per heavy atom. The molecule has 1 aromatic heterocycles. The van der Waals surface area contributed by atoms with E-state index in [0.717, 1.165) is 0 Å². The van der Waals surface area contributed by atoms with E-state index in [0.29, 0.717) is 5.76 Å². The summed E-state index contributed by atoms with van der Waals surface area (Å²) in [4.78, 5) is 10.7. The second-order valence-corrected chi connectivity index (χ2v) is 3.42. The van der Waals surface area contributed by atoms with Crippen LogP contribution < -0.4 is 0 Å². The summed E-state index contributed by atoms with van der Waals surface area (Å²) in [6.45, 7) is 3.69. The van der Waals surface area contributed by atoms with Gasteiger partial charge in [-0.3, -0.25) is 0 Å². The van der Waals surface area contributed by atoms with Crippen LogP contribution in [0.4, 0.5) is 0 Å². The van der Waals surface area contributed by atoms with Crippen LogP contribution >= 0.6 is 15.9 Å². The number of aromatic nitrogens is 1. The van der Waals surface area contributed by atoms with E-state index in [2.05, 4.69) is 21.1 Å². The van der Waals surface area contributed by atoms with Crippen LogP contribution in [0.15, 0.2) is 9.13 Å². The Morgan fingerprint density at radius 1 is 1.67 bits per heavy atom. The van der Waals surface area contributed by atoms with Gasteiger partial charge < -0.3 is 9.63 Å². The van der Waals surface area contributed by atoms with Gasteiger partial charge >= 0.3 is 5.97 Å². The molecule has 1 heterocycles. The predicted molar refractivity (Wildman–Crippen MR) is 45.3 cm³/mol. The maximum atomic E-state index is 10.7. The Morgan fingerprint density at radius 2 is 2.25 bits per heavy atom. The number of aromatic carboxylic acids is 1. The molecule has 4 nitrogen and oxygen atoms in total. The van der Waals surface area contributed by atoms with Crippen LogP contribution in [0.3, 0.4) is 0 Å². The zero-order valence-corrected chi connectivity index (χ0v) is 8.25. The molecule has 0 atom stereocenters. The van der Waals surface area contributed by atoms with Gasteiger partial charge in [0.15, 0.2) is 10.4 Å². The van der Waals surface area contributed by atoms with Gasteiger partial charge in [0.05, 0.1) is 0 Å². The first kappa shape index (κ1) is 9.25. The van der Waals surface area contributed by atoms with Crippen LogP contribution in [0.2, 0.25) is 0 Å². The molecule has 1 rings (SSSR count). The zero-order chi connectivity index (χ0) is 9.30. The molecule has 0 unspecified atom stereocenters. The Labute approximate surface area is 77.7 Å². The largest absolute Gasteiger partial charge is 0.477 e. The molecular formula is C7H8BrNO3. The topological polar surface area (TPSA) is 63.3 Å². The molecule has 0 saturated heterocycles. The van der Waals surface area contributed by atoms with Crippen molar-refractivity contribution in [1.82, 2.24) is 5.16 Å². The van der Waals surface area contributed by atoms with Crippen molar-refractivity contribution in [2.45, 2.75) is 19.8 Å². The lowest BCUT2D eigenvalue weighted by atomic mass is 10.1. The summed E-state index contributed by atoms with van der Waals surface area (Å²) < 4.78 is 5.09. The van der Waals surface area contributed by atoms with E-state index in [1.807, 2.05) is 13.8 Å². The summed E-state index contributed by atoms with van der Waals surface area (Å²) in [5.74, 6) is -0.601. The van der Waals surface area contributed by atoms with Crippen molar-refractivity contribution in [3.63, 3.8) is 0 Å². The molecule has 0 fully saturated rings. The quantitative estimate of drug-likeness (QED) is 0.852. The van der Waals surface area contributed by atoms with Crippen molar-refractivity contribution < 1.29 is 14.4 Å². The van der Waals surface area contributed by atoms with Crippen molar-refractivity contribution >= 4 is 21.9 Å². The third kappa shape index (κ3) is 1.50. The Kier molecular flexibility index (Phi) is 2.52. The molecule has 0 saturated carbocycles. The molecule has 0 amide bonds. The van der Waals surface area contributed by atoms with E-state index >= 15 is 0 Å². The van der Waals surface area contributed by atoms with Crippen molar-refractivity contribution in [2.75, 3.05) is 0 Å². The minimum Gasteiger partial charge on any atom is -0.477 e. The fourth-order valence-corrected chi connectivity index (χ4v) is 1.31. The Balaban J connectivity index is 3.21. The number of nitrogens with zero attached hydrogens (tertiary/aromatic N) is 1. The highest BCUT2D eigenvalue weighted by atomic mass is 79.9. The number of carbonyl (C=O) groups is 1. The summed E-state index contributed by atoms with van der Waals surface area (Å²) in [7, 11) is 0. The number of carboxylic acid groups (broad SMARTS) is 1. The van der Waals surface area contributed by atoms with Crippen molar-refractivity contribution in [3.8, 4) is 0 Å². The van der Waals surface area contributed by atoms with Gasteiger partial charge in [-0.15, -0.1) is 0 Å². The zero-order valence-electron chi connectivity index (χ0n) is 6.67. The average molecular weight is 234 g/mol. The highest BCUT2D eigenvalue weighted by Crippen LogP contribution is 2.25. The molecule has 1 aromatic rings. The number of rotatable bonds is 2. The summed E-state index contributed by atoms with van der Waals surface area (Å²) in [6.07, 6.45) is 0. The standard InChI is InChI=1S/C7H8BrNO3/c1-3(2)5-4(7(10)11)6(8)9-12-5/h3H,1-2H3,(H,10,11). The number of hydrogen-bond acceptors (Lipinski definition) is 3. The fourth-order valence-electron chi connectivity index (χ4n) is 0.870. The highest BCUT2D eigenvalue weighted by Gasteiger charge is 2.22. The summed E-state index contributed by atoms with van der Waals surface area (Å²) >= 11 is 3.00. The van der Waals surface area contributed by atoms with Crippen LogP contribution in [0.25, 0.3) is 0 Å². The smallest absolute Gasteiger partial charge is 0.342 e. The minimum atomic E-state index is -1.02. The second-order valence-electron chi connectivity index (χ2n) is 2.67. The molecule has 0 aromatic carbocycles. The molecule has 12 heavy (non-hydrogen) atoms. The lowest BCUT2D eigenvalue weighted by Crippen LogP contribution is -2.00. The molecule has 5 heteroatoms. The second kappa shape index (κ2) is 3.26. The normalized spacial score (nSPS) is 10.7. The first-order valence-corrected chi connectivity index (χ1v) is 4.21. The number of halogens is 1. The van der Waals surface area contributed by atoms with Crippen LogP contribution in [-0.2, 0) is 0 Å². The van der Waals surface area contributed by atoms with E-state index in [4.69, 9.17) is 9.63 Å². The lowest BCUT2D eigenvalue weighted by Gasteiger charge is -1.98. The van der Waals surface area contributed by atoms with E-state index in [-0.39, 0.29) is 16.1 Å². The molecule has 0 spiro atoms. The van der Waals surface area contributed by atoms with Crippen molar-refractivity contribution in [3.05, 3.63) is 15.9 Å². The van der Waals surface area contributed by atoms with Crippen LogP contribution in [0.5, 0.6) is 0 Å². The molecule has 66 valence electrons. The monoisotopic (exact) mass is 233 g/mol. The average Bonchev–Trinajstić information content (AvgIpc) is 2.30. The van der Waals surface area contributed by atoms with Gasteiger partial charge in [-0.2, -0.15) is 0 Å². The minimum absolute atomic E-state index is 0.0231. The van der Waals surface area contributed by atoms with Crippen LogP contribution in [0, 0.1) is 0 Å². The molecule has 0 aliphatic heterocycles.